The van der Waals surface area contributed by atoms with Gasteiger partial charge in [0.05, 0.1) is 0 Å². The Morgan fingerprint density at radius 1 is 0.667 bits per heavy atom. The van der Waals surface area contributed by atoms with E-state index in [2.05, 4.69) is 13.2 Å². The Morgan fingerprint density at radius 3 is 1.29 bits per heavy atom. The zero-order valence-electron chi connectivity index (χ0n) is 13.1. The van der Waals surface area contributed by atoms with Crippen molar-refractivity contribution in [2.75, 3.05) is 0 Å². The quantitative estimate of drug-likeness (QED) is 0.422. The van der Waals surface area contributed by atoms with Gasteiger partial charge in [0.2, 0.25) is 0 Å². The summed E-state index contributed by atoms with van der Waals surface area (Å²) in [6, 6.07) is 14.5. The van der Waals surface area contributed by atoms with Crippen LogP contribution in [0.15, 0.2) is 73.8 Å². The first-order valence-corrected chi connectivity index (χ1v) is 7.04. The molecular formula is C20H18O4. The fourth-order valence-corrected chi connectivity index (χ4v) is 2.05. The van der Waals surface area contributed by atoms with Gasteiger partial charge in [0.1, 0.15) is 24.1 Å². The third-order valence-corrected chi connectivity index (χ3v) is 3.00. The lowest BCUT2D eigenvalue weighted by Crippen LogP contribution is -1.77. The van der Waals surface area contributed by atoms with E-state index in [1.54, 1.807) is 24.3 Å². The summed E-state index contributed by atoms with van der Waals surface area (Å²) in [5.74, 6) is 0.538. The average Bonchev–Trinajstić information content (AvgIpc) is 2.61. The van der Waals surface area contributed by atoms with Gasteiger partial charge < -0.3 is 10.2 Å². The lowest BCUT2D eigenvalue weighted by Gasteiger charge is -2.04. The van der Waals surface area contributed by atoms with Crippen LogP contribution in [0.3, 0.4) is 0 Å². The molecule has 0 aliphatic carbocycles. The molecule has 3 aromatic rings. The van der Waals surface area contributed by atoms with Gasteiger partial charge >= 0.3 is 0 Å². The van der Waals surface area contributed by atoms with Crippen molar-refractivity contribution in [3.63, 3.8) is 0 Å². The van der Waals surface area contributed by atoms with Gasteiger partial charge in [-0.1, -0.05) is 37.4 Å². The van der Waals surface area contributed by atoms with E-state index in [9.17, 15) is 10.2 Å². The summed E-state index contributed by atoms with van der Waals surface area (Å²) in [4.78, 5) is 18.1. The predicted molar refractivity (Wildman–Crippen MR) is 97.3 cm³/mol. The third kappa shape index (κ3) is 5.10. The number of phenols is 2. The largest absolute Gasteiger partial charge is 0.508 e. The number of hydrogen-bond donors (Lipinski definition) is 2. The van der Waals surface area contributed by atoms with Crippen LogP contribution >= 0.6 is 0 Å². The number of allylic oxidation sites excluding steroid dienone is 2. The van der Waals surface area contributed by atoms with Crippen molar-refractivity contribution in [3.8, 4) is 11.5 Å². The van der Waals surface area contributed by atoms with Crippen LogP contribution in [-0.2, 0) is 9.59 Å². The van der Waals surface area contributed by atoms with Gasteiger partial charge in [-0.25, -0.2) is 0 Å². The van der Waals surface area contributed by atoms with Gasteiger partial charge in [0.15, 0.2) is 0 Å². The number of carbonyl (C=O) groups is 2. The summed E-state index contributed by atoms with van der Waals surface area (Å²) in [7, 11) is 0. The molecule has 24 heavy (non-hydrogen) atoms. The molecule has 0 aromatic heterocycles. The second-order valence-electron chi connectivity index (χ2n) is 4.62. The smallest absolute Gasteiger partial charge is 0.142 e. The van der Waals surface area contributed by atoms with E-state index in [4.69, 9.17) is 9.59 Å². The van der Waals surface area contributed by atoms with Gasteiger partial charge in [-0.15, -0.1) is 0 Å². The molecule has 4 nitrogen and oxygen atoms in total. The Morgan fingerprint density at radius 2 is 1.00 bits per heavy atom. The molecule has 0 radical (unpaired) electrons. The van der Waals surface area contributed by atoms with Crippen molar-refractivity contribution in [2.45, 2.75) is 0 Å². The Bertz CT molecular complexity index is 781. The Labute approximate surface area is 140 Å². The van der Waals surface area contributed by atoms with Gasteiger partial charge in [-0.3, -0.25) is 9.59 Å². The molecule has 0 fully saturated rings. The molecule has 122 valence electrons. The van der Waals surface area contributed by atoms with Crippen LogP contribution < -0.4 is 0 Å². The lowest BCUT2D eigenvalue weighted by atomic mass is 10.0. The lowest BCUT2D eigenvalue weighted by molar-refractivity contribution is -0.104. The summed E-state index contributed by atoms with van der Waals surface area (Å²) in [5, 5.41) is 23.0. The van der Waals surface area contributed by atoms with Crippen LogP contribution in [0.25, 0.3) is 21.5 Å². The molecule has 0 amide bonds. The zero-order chi connectivity index (χ0) is 17.9. The van der Waals surface area contributed by atoms with Crippen molar-refractivity contribution in [2.24, 2.45) is 0 Å². The van der Waals surface area contributed by atoms with Crippen LogP contribution in [0.1, 0.15) is 0 Å². The molecule has 0 bridgehead atoms. The van der Waals surface area contributed by atoms with Crippen LogP contribution in [-0.4, -0.2) is 22.8 Å². The summed E-state index contributed by atoms with van der Waals surface area (Å²) in [6.45, 7) is 6.22. The molecule has 0 spiro atoms. The van der Waals surface area contributed by atoms with E-state index >= 15 is 0 Å². The topological polar surface area (TPSA) is 74.6 Å². The number of aromatic hydroxyl groups is 2. The maximum absolute atomic E-state index is 9.41. The molecule has 0 saturated heterocycles. The van der Waals surface area contributed by atoms with E-state index in [1.165, 1.54) is 12.2 Å². The normalized spacial score (nSPS) is 9.00. The fraction of sp³-hybridized carbons (Fsp3) is 0. The van der Waals surface area contributed by atoms with Crippen molar-refractivity contribution >= 4 is 34.1 Å². The predicted octanol–water partition coefficient (Wildman–Crippen LogP) is 4.15. The summed E-state index contributed by atoms with van der Waals surface area (Å²) in [6.07, 6.45) is 3.67. The minimum atomic E-state index is 0.269. The monoisotopic (exact) mass is 322 g/mol. The standard InChI is InChI=1S/C14H10O2.2C3H4O/c15-11-3-5-13-9(7-11)1-2-10-8-12(16)4-6-14(10)13;2*1-2-3-4/h1-8,15-16H;2*2-3H,1H2. The highest BCUT2D eigenvalue weighted by atomic mass is 16.3. The molecule has 3 rings (SSSR count). The molecule has 4 heteroatoms. The second-order valence-corrected chi connectivity index (χ2v) is 4.62. The molecule has 3 aromatic carbocycles. The summed E-state index contributed by atoms with van der Waals surface area (Å²) < 4.78 is 0. The van der Waals surface area contributed by atoms with Gasteiger partial charge in [0, 0.05) is 0 Å². The molecule has 2 N–H and O–H groups in total. The zero-order valence-corrected chi connectivity index (χ0v) is 13.1. The van der Waals surface area contributed by atoms with E-state index in [1.807, 2.05) is 24.3 Å². The van der Waals surface area contributed by atoms with Gasteiger partial charge in [0.25, 0.3) is 0 Å². The Hall–Kier alpha value is -3.40. The molecule has 0 saturated carbocycles. The number of carbonyl (C=O) groups excluding carboxylic acids is 2. The molecule has 0 aliphatic heterocycles. The van der Waals surface area contributed by atoms with Crippen LogP contribution in [0, 0.1) is 0 Å². The first-order valence-electron chi connectivity index (χ1n) is 7.04. The van der Waals surface area contributed by atoms with Crippen LogP contribution in [0.5, 0.6) is 11.5 Å². The molecular weight excluding hydrogens is 304 g/mol. The second kappa shape index (κ2) is 9.58. The number of fused-ring (bicyclic) bond motifs is 3. The maximum atomic E-state index is 9.41. The molecule has 0 atom stereocenters. The van der Waals surface area contributed by atoms with E-state index in [0.717, 1.165) is 21.5 Å². The summed E-state index contributed by atoms with van der Waals surface area (Å²) >= 11 is 0. The van der Waals surface area contributed by atoms with E-state index in [-0.39, 0.29) is 11.5 Å². The first-order chi connectivity index (χ1) is 11.6. The fourth-order valence-electron chi connectivity index (χ4n) is 2.05. The minimum absolute atomic E-state index is 0.269. The Balaban J connectivity index is 0.000000306. The highest BCUT2D eigenvalue weighted by Crippen LogP contribution is 2.29. The number of aldehydes is 2. The molecule has 0 aliphatic rings. The van der Waals surface area contributed by atoms with E-state index in [0.29, 0.717) is 12.6 Å². The average molecular weight is 322 g/mol. The van der Waals surface area contributed by atoms with Gasteiger partial charge in [-0.05, 0) is 58.0 Å². The highest BCUT2D eigenvalue weighted by Gasteiger charge is 2.01. The SMILES string of the molecule is C=CC=O.C=CC=O.Oc1ccc2c(ccc3cc(O)ccc32)c1. The van der Waals surface area contributed by atoms with E-state index < -0.39 is 0 Å². The van der Waals surface area contributed by atoms with Crippen molar-refractivity contribution in [3.05, 3.63) is 73.8 Å². The molecule has 0 unspecified atom stereocenters. The van der Waals surface area contributed by atoms with Crippen LogP contribution in [0.4, 0.5) is 0 Å². The number of phenolic OH excluding ortho intramolecular Hbond substituents is 2. The summed E-state index contributed by atoms with van der Waals surface area (Å²) in [5.41, 5.74) is 0. The Kier molecular flexibility index (Phi) is 7.45. The van der Waals surface area contributed by atoms with Crippen molar-refractivity contribution in [1.29, 1.82) is 0 Å². The minimum Gasteiger partial charge on any atom is -0.508 e. The first kappa shape index (κ1) is 18.6. The van der Waals surface area contributed by atoms with Crippen LogP contribution in [0.2, 0.25) is 0 Å². The van der Waals surface area contributed by atoms with Gasteiger partial charge in [-0.2, -0.15) is 0 Å². The highest BCUT2D eigenvalue weighted by molar-refractivity contribution is 6.08. The maximum Gasteiger partial charge on any atom is 0.142 e. The van der Waals surface area contributed by atoms with Crippen molar-refractivity contribution < 1.29 is 19.8 Å². The number of hydrogen-bond acceptors (Lipinski definition) is 4. The molecule has 0 heterocycles. The third-order valence-electron chi connectivity index (χ3n) is 3.00. The number of rotatable bonds is 2. The number of benzene rings is 3. The van der Waals surface area contributed by atoms with Crippen molar-refractivity contribution in [1.82, 2.24) is 0 Å².